The largest absolute Gasteiger partial charge is 0.493 e. The van der Waals surface area contributed by atoms with E-state index in [0.29, 0.717) is 24.7 Å². The fourth-order valence-electron chi connectivity index (χ4n) is 4.34. The first-order chi connectivity index (χ1) is 16.1. The monoisotopic (exact) mass is 442 g/mol. The van der Waals surface area contributed by atoms with Gasteiger partial charge in [-0.25, -0.2) is 9.97 Å². The van der Waals surface area contributed by atoms with Crippen LogP contribution in [0.2, 0.25) is 0 Å². The molecule has 1 aliphatic rings. The molecular formula is C25H26N6O2. The van der Waals surface area contributed by atoms with E-state index in [4.69, 9.17) is 9.72 Å². The van der Waals surface area contributed by atoms with Crippen molar-refractivity contribution in [3.8, 4) is 5.75 Å². The number of carbonyl (C=O) groups excluding carboxylic acids is 1. The van der Waals surface area contributed by atoms with Gasteiger partial charge in [-0.2, -0.15) is 0 Å². The SMILES string of the molecule is CCOc1cccc2[nH]c(C(=O)N3CCCC3c3cncc(Nc4ncccc4C)n3)cc12. The van der Waals surface area contributed by atoms with Gasteiger partial charge >= 0.3 is 0 Å². The molecule has 168 valence electrons. The summed E-state index contributed by atoms with van der Waals surface area (Å²) in [4.78, 5) is 32.1. The summed E-state index contributed by atoms with van der Waals surface area (Å²) in [5.74, 6) is 2.08. The number of nitrogens with zero attached hydrogens (tertiary/aromatic N) is 4. The maximum absolute atomic E-state index is 13.5. The van der Waals surface area contributed by atoms with E-state index in [1.165, 1.54) is 0 Å². The fourth-order valence-corrected chi connectivity index (χ4v) is 4.34. The molecule has 0 radical (unpaired) electrons. The lowest BCUT2D eigenvalue weighted by Gasteiger charge is -2.24. The summed E-state index contributed by atoms with van der Waals surface area (Å²) in [6.07, 6.45) is 6.91. The molecule has 0 aliphatic carbocycles. The summed E-state index contributed by atoms with van der Waals surface area (Å²) in [5.41, 5.74) is 3.23. The van der Waals surface area contributed by atoms with Crippen LogP contribution in [0.4, 0.5) is 11.6 Å². The quantitative estimate of drug-likeness (QED) is 0.446. The van der Waals surface area contributed by atoms with Gasteiger partial charge in [-0.3, -0.25) is 9.78 Å². The second kappa shape index (κ2) is 8.90. The Kier molecular flexibility index (Phi) is 5.64. The van der Waals surface area contributed by atoms with Crippen LogP contribution in [0.5, 0.6) is 5.75 Å². The molecule has 2 N–H and O–H groups in total. The summed E-state index contributed by atoms with van der Waals surface area (Å²) in [7, 11) is 0. The third kappa shape index (κ3) is 4.11. The van der Waals surface area contributed by atoms with E-state index in [0.717, 1.165) is 46.6 Å². The number of pyridine rings is 1. The van der Waals surface area contributed by atoms with Crippen molar-refractivity contribution >= 4 is 28.4 Å². The first-order valence-electron chi connectivity index (χ1n) is 11.2. The molecule has 33 heavy (non-hydrogen) atoms. The van der Waals surface area contributed by atoms with Crippen LogP contribution < -0.4 is 10.1 Å². The Bertz CT molecular complexity index is 1300. The predicted molar refractivity (Wildman–Crippen MR) is 127 cm³/mol. The first kappa shape index (κ1) is 20.9. The number of aryl methyl sites for hydroxylation is 1. The molecule has 0 spiro atoms. The normalized spacial score (nSPS) is 15.7. The molecule has 0 bridgehead atoms. The Hall–Kier alpha value is -3.94. The van der Waals surface area contributed by atoms with Gasteiger partial charge in [0.05, 0.1) is 30.7 Å². The van der Waals surface area contributed by atoms with E-state index in [1.54, 1.807) is 18.6 Å². The lowest BCUT2D eigenvalue weighted by Crippen LogP contribution is -2.31. The van der Waals surface area contributed by atoms with E-state index in [9.17, 15) is 4.79 Å². The summed E-state index contributed by atoms with van der Waals surface area (Å²) < 4.78 is 5.72. The van der Waals surface area contributed by atoms with Gasteiger partial charge in [0.25, 0.3) is 5.91 Å². The molecule has 8 nitrogen and oxygen atoms in total. The Morgan fingerprint density at radius 1 is 1.27 bits per heavy atom. The smallest absolute Gasteiger partial charge is 0.270 e. The van der Waals surface area contributed by atoms with Crippen molar-refractivity contribution in [2.24, 2.45) is 0 Å². The third-order valence-corrected chi connectivity index (χ3v) is 5.92. The standard InChI is InChI=1S/C25H26N6O2/c1-3-33-22-10-4-8-18-17(22)13-19(28-18)25(32)31-12-6-9-21(31)20-14-26-15-23(29-20)30-24-16(2)7-5-11-27-24/h4-5,7-8,10-11,13-15,21,28H,3,6,9,12H2,1-2H3,(H,27,29,30). The van der Waals surface area contributed by atoms with Crippen molar-refractivity contribution in [3.63, 3.8) is 0 Å². The molecule has 1 unspecified atom stereocenters. The van der Waals surface area contributed by atoms with E-state index in [1.807, 2.05) is 55.1 Å². The highest BCUT2D eigenvalue weighted by Crippen LogP contribution is 2.34. The second-order valence-electron chi connectivity index (χ2n) is 8.11. The molecule has 3 aromatic heterocycles. The Balaban J connectivity index is 1.40. The van der Waals surface area contributed by atoms with Crippen LogP contribution in [0.3, 0.4) is 0 Å². The molecule has 1 saturated heterocycles. The van der Waals surface area contributed by atoms with Crippen LogP contribution in [0.15, 0.2) is 55.0 Å². The third-order valence-electron chi connectivity index (χ3n) is 5.92. The topological polar surface area (TPSA) is 96.0 Å². The zero-order valence-corrected chi connectivity index (χ0v) is 18.7. The van der Waals surface area contributed by atoms with Gasteiger partial charge in [0, 0.05) is 23.6 Å². The Labute approximate surface area is 192 Å². The van der Waals surface area contributed by atoms with Gasteiger partial charge in [-0.05, 0) is 56.5 Å². The zero-order valence-electron chi connectivity index (χ0n) is 18.7. The summed E-state index contributed by atoms with van der Waals surface area (Å²) in [6.45, 7) is 5.19. The Morgan fingerprint density at radius 2 is 2.18 bits per heavy atom. The molecule has 4 heterocycles. The molecule has 1 amide bonds. The number of aromatic amines is 1. The van der Waals surface area contributed by atoms with Gasteiger partial charge in [0.15, 0.2) is 0 Å². The molecule has 1 aromatic carbocycles. The number of hydrogen-bond donors (Lipinski definition) is 2. The average molecular weight is 443 g/mol. The van der Waals surface area contributed by atoms with E-state index < -0.39 is 0 Å². The van der Waals surface area contributed by atoms with Crippen molar-refractivity contribution in [3.05, 3.63) is 71.9 Å². The van der Waals surface area contributed by atoms with Crippen molar-refractivity contribution in [1.82, 2.24) is 24.8 Å². The second-order valence-corrected chi connectivity index (χ2v) is 8.11. The molecule has 8 heteroatoms. The summed E-state index contributed by atoms with van der Waals surface area (Å²) in [6, 6.07) is 11.4. The highest BCUT2D eigenvalue weighted by molar-refractivity contribution is 6.00. The number of aromatic nitrogens is 4. The van der Waals surface area contributed by atoms with Crippen molar-refractivity contribution in [2.75, 3.05) is 18.5 Å². The number of nitrogens with one attached hydrogen (secondary N) is 2. The van der Waals surface area contributed by atoms with Gasteiger partial charge < -0.3 is 19.9 Å². The van der Waals surface area contributed by atoms with Gasteiger partial charge in [0.2, 0.25) is 0 Å². The lowest BCUT2D eigenvalue weighted by molar-refractivity contribution is 0.0728. The molecule has 5 rings (SSSR count). The number of anilines is 2. The number of benzene rings is 1. The number of hydrogen-bond acceptors (Lipinski definition) is 6. The van der Waals surface area contributed by atoms with Crippen LogP contribution in [0.25, 0.3) is 10.9 Å². The Morgan fingerprint density at radius 3 is 3.03 bits per heavy atom. The van der Waals surface area contributed by atoms with E-state index in [-0.39, 0.29) is 11.9 Å². The van der Waals surface area contributed by atoms with Crippen LogP contribution in [-0.2, 0) is 0 Å². The van der Waals surface area contributed by atoms with Crippen molar-refractivity contribution < 1.29 is 9.53 Å². The minimum absolute atomic E-state index is 0.0446. The molecule has 1 aliphatic heterocycles. The molecule has 1 atom stereocenters. The van der Waals surface area contributed by atoms with Crippen LogP contribution in [-0.4, -0.2) is 43.9 Å². The number of carbonyl (C=O) groups is 1. The number of fused-ring (bicyclic) bond motifs is 1. The lowest BCUT2D eigenvalue weighted by atomic mass is 10.1. The van der Waals surface area contributed by atoms with E-state index in [2.05, 4.69) is 20.3 Å². The minimum atomic E-state index is -0.130. The highest BCUT2D eigenvalue weighted by atomic mass is 16.5. The van der Waals surface area contributed by atoms with Crippen LogP contribution >= 0.6 is 0 Å². The maximum atomic E-state index is 13.5. The number of amides is 1. The molecule has 1 fully saturated rings. The highest BCUT2D eigenvalue weighted by Gasteiger charge is 2.33. The van der Waals surface area contributed by atoms with E-state index >= 15 is 0 Å². The number of ether oxygens (including phenoxy) is 1. The van der Waals surface area contributed by atoms with Crippen molar-refractivity contribution in [2.45, 2.75) is 32.7 Å². The summed E-state index contributed by atoms with van der Waals surface area (Å²) in [5, 5.41) is 4.15. The number of likely N-dealkylation sites (tertiary alicyclic amines) is 1. The van der Waals surface area contributed by atoms with Crippen LogP contribution in [0, 0.1) is 6.92 Å². The van der Waals surface area contributed by atoms with Crippen molar-refractivity contribution in [1.29, 1.82) is 0 Å². The van der Waals surface area contributed by atoms with Gasteiger partial charge in [-0.1, -0.05) is 12.1 Å². The first-order valence-corrected chi connectivity index (χ1v) is 11.2. The predicted octanol–water partition coefficient (Wildman–Crippen LogP) is 4.78. The van der Waals surface area contributed by atoms with Crippen LogP contribution in [0.1, 0.15) is 47.6 Å². The minimum Gasteiger partial charge on any atom is -0.493 e. The fraction of sp³-hybridized carbons (Fsp3) is 0.280. The van der Waals surface area contributed by atoms with Gasteiger partial charge in [0.1, 0.15) is 23.1 Å². The maximum Gasteiger partial charge on any atom is 0.270 e. The molecule has 4 aromatic rings. The molecular weight excluding hydrogens is 416 g/mol. The number of H-pyrrole nitrogens is 1. The summed E-state index contributed by atoms with van der Waals surface area (Å²) >= 11 is 0. The zero-order chi connectivity index (χ0) is 22.8. The number of rotatable bonds is 6. The average Bonchev–Trinajstić information content (AvgIpc) is 3.49. The molecule has 0 saturated carbocycles. The van der Waals surface area contributed by atoms with Gasteiger partial charge in [-0.15, -0.1) is 0 Å².